The molecule has 0 saturated carbocycles. The first kappa shape index (κ1) is 11.2. The van der Waals surface area contributed by atoms with Gasteiger partial charge in [-0.15, -0.1) is 11.8 Å². The molecule has 2 heteroatoms. The van der Waals surface area contributed by atoms with Crippen LogP contribution in [0.15, 0.2) is 29.2 Å². The Morgan fingerprint density at radius 1 is 1.36 bits per heavy atom. The molecular weight excluding hydrogens is 190 g/mol. The van der Waals surface area contributed by atoms with E-state index >= 15 is 0 Å². The molecule has 0 bridgehead atoms. The highest BCUT2D eigenvalue weighted by Crippen LogP contribution is 2.18. The smallest absolute Gasteiger partial charge is 0.0381 e. The zero-order chi connectivity index (χ0) is 10.2. The maximum absolute atomic E-state index is 3.19. The fourth-order valence-electron chi connectivity index (χ4n) is 1.09. The minimum Gasteiger partial charge on any atom is -0.319 e. The first-order valence-electron chi connectivity index (χ1n) is 4.65. The average Bonchev–Trinajstić information content (AvgIpc) is 2.25. The summed E-state index contributed by atoms with van der Waals surface area (Å²) in [6.07, 6.45) is 2.98. The predicted molar refractivity (Wildman–Crippen MR) is 63.6 cm³/mol. The van der Waals surface area contributed by atoms with E-state index in [9.17, 15) is 0 Å². The molecule has 0 aliphatic carbocycles. The quantitative estimate of drug-likeness (QED) is 0.462. The molecule has 0 fully saturated rings. The second kappa shape index (κ2) is 6.53. The van der Waals surface area contributed by atoms with E-state index in [4.69, 9.17) is 0 Å². The summed E-state index contributed by atoms with van der Waals surface area (Å²) >= 11 is 1.74. The summed E-state index contributed by atoms with van der Waals surface area (Å²) in [7, 11) is 1.94. The highest BCUT2D eigenvalue weighted by atomic mass is 32.2. The van der Waals surface area contributed by atoms with Gasteiger partial charge in [0, 0.05) is 23.4 Å². The second-order valence-electron chi connectivity index (χ2n) is 2.86. The van der Waals surface area contributed by atoms with Gasteiger partial charge in [-0.1, -0.05) is 24.0 Å². The van der Waals surface area contributed by atoms with E-state index in [1.54, 1.807) is 11.8 Å². The summed E-state index contributed by atoms with van der Waals surface area (Å²) in [6, 6.07) is 8.25. The third-order valence-corrected chi connectivity index (χ3v) is 2.63. The van der Waals surface area contributed by atoms with Gasteiger partial charge >= 0.3 is 0 Å². The van der Waals surface area contributed by atoms with Crippen LogP contribution in [0.5, 0.6) is 0 Å². The fourth-order valence-corrected chi connectivity index (χ4v) is 1.65. The van der Waals surface area contributed by atoms with Gasteiger partial charge in [-0.2, -0.15) is 0 Å². The van der Waals surface area contributed by atoms with Crippen molar-refractivity contribution in [2.75, 3.05) is 19.8 Å². The van der Waals surface area contributed by atoms with Crippen molar-refractivity contribution in [1.29, 1.82) is 0 Å². The van der Waals surface area contributed by atoms with Gasteiger partial charge in [0.1, 0.15) is 0 Å². The molecule has 0 spiro atoms. The SMILES string of the molecule is CNCCC#Cc1ccccc1SC. The molecule has 0 saturated heterocycles. The molecule has 0 radical (unpaired) electrons. The van der Waals surface area contributed by atoms with Crippen LogP contribution in [0.25, 0.3) is 0 Å². The predicted octanol–water partition coefficient (Wildman–Crippen LogP) is 2.37. The fraction of sp³-hybridized carbons (Fsp3) is 0.333. The standard InChI is InChI=1S/C12H15NS/c1-13-10-6-5-8-11-7-3-4-9-12(11)14-2/h3-4,7,9,13H,6,10H2,1-2H3. The van der Waals surface area contributed by atoms with E-state index in [0.29, 0.717) is 0 Å². The number of benzene rings is 1. The van der Waals surface area contributed by atoms with Crippen LogP contribution in [0, 0.1) is 11.8 Å². The Morgan fingerprint density at radius 2 is 2.14 bits per heavy atom. The van der Waals surface area contributed by atoms with Crippen LogP contribution in [0.2, 0.25) is 0 Å². The van der Waals surface area contributed by atoms with E-state index in [1.165, 1.54) is 4.90 Å². The first-order chi connectivity index (χ1) is 6.88. The molecule has 1 N–H and O–H groups in total. The van der Waals surface area contributed by atoms with E-state index < -0.39 is 0 Å². The highest BCUT2D eigenvalue weighted by molar-refractivity contribution is 7.98. The molecular formula is C12H15NS. The Kier molecular flexibility index (Phi) is 5.21. The maximum atomic E-state index is 3.19. The number of thioether (sulfide) groups is 1. The van der Waals surface area contributed by atoms with E-state index in [2.05, 4.69) is 35.5 Å². The van der Waals surface area contributed by atoms with Crippen molar-refractivity contribution in [1.82, 2.24) is 5.32 Å². The highest BCUT2D eigenvalue weighted by Gasteiger charge is 1.94. The van der Waals surface area contributed by atoms with Crippen molar-refractivity contribution < 1.29 is 0 Å². The normalized spacial score (nSPS) is 9.29. The van der Waals surface area contributed by atoms with Crippen LogP contribution in [-0.2, 0) is 0 Å². The summed E-state index contributed by atoms with van der Waals surface area (Å²) in [5, 5.41) is 3.07. The van der Waals surface area contributed by atoms with E-state index in [0.717, 1.165) is 18.5 Å². The van der Waals surface area contributed by atoms with Crippen molar-refractivity contribution in [3.63, 3.8) is 0 Å². The molecule has 0 atom stereocenters. The van der Waals surface area contributed by atoms with Gasteiger partial charge in [0.25, 0.3) is 0 Å². The zero-order valence-electron chi connectivity index (χ0n) is 8.63. The van der Waals surface area contributed by atoms with Crippen LogP contribution in [0.4, 0.5) is 0 Å². The van der Waals surface area contributed by atoms with Crippen LogP contribution in [0.1, 0.15) is 12.0 Å². The van der Waals surface area contributed by atoms with Crippen molar-refractivity contribution in [2.45, 2.75) is 11.3 Å². The lowest BCUT2D eigenvalue weighted by Gasteiger charge is -1.98. The number of hydrogen-bond acceptors (Lipinski definition) is 2. The van der Waals surface area contributed by atoms with Gasteiger partial charge in [0.15, 0.2) is 0 Å². The summed E-state index contributed by atoms with van der Waals surface area (Å²) in [5.41, 5.74) is 1.14. The van der Waals surface area contributed by atoms with Gasteiger partial charge in [-0.3, -0.25) is 0 Å². The molecule has 74 valence electrons. The lowest BCUT2D eigenvalue weighted by atomic mass is 10.2. The lowest BCUT2D eigenvalue weighted by molar-refractivity contribution is 0.818. The van der Waals surface area contributed by atoms with Crippen molar-refractivity contribution in [3.05, 3.63) is 29.8 Å². The van der Waals surface area contributed by atoms with Gasteiger partial charge < -0.3 is 5.32 Å². The van der Waals surface area contributed by atoms with Crippen molar-refractivity contribution >= 4 is 11.8 Å². The summed E-state index contributed by atoms with van der Waals surface area (Å²) in [5.74, 6) is 6.34. The largest absolute Gasteiger partial charge is 0.319 e. The van der Waals surface area contributed by atoms with Crippen LogP contribution < -0.4 is 5.32 Å². The molecule has 0 amide bonds. The molecule has 1 aromatic rings. The van der Waals surface area contributed by atoms with Crippen molar-refractivity contribution in [2.24, 2.45) is 0 Å². The summed E-state index contributed by atoms with van der Waals surface area (Å²) in [6.45, 7) is 0.953. The number of rotatable bonds is 3. The molecule has 1 rings (SSSR count). The van der Waals surface area contributed by atoms with Crippen LogP contribution in [-0.4, -0.2) is 19.8 Å². The maximum Gasteiger partial charge on any atom is 0.0381 e. The first-order valence-corrected chi connectivity index (χ1v) is 5.87. The molecule has 14 heavy (non-hydrogen) atoms. The second-order valence-corrected chi connectivity index (χ2v) is 3.70. The zero-order valence-corrected chi connectivity index (χ0v) is 9.45. The topological polar surface area (TPSA) is 12.0 Å². The molecule has 0 unspecified atom stereocenters. The average molecular weight is 205 g/mol. The molecule has 0 aliphatic heterocycles. The van der Waals surface area contributed by atoms with Gasteiger partial charge in [-0.05, 0) is 25.4 Å². The molecule has 0 aromatic heterocycles. The Labute approximate surface area is 90.3 Å². The number of hydrogen-bond donors (Lipinski definition) is 1. The van der Waals surface area contributed by atoms with Gasteiger partial charge in [0.05, 0.1) is 0 Å². The Bertz CT molecular complexity index is 336. The van der Waals surface area contributed by atoms with Gasteiger partial charge in [0.2, 0.25) is 0 Å². The number of nitrogens with one attached hydrogen (secondary N) is 1. The van der Waals surface area contributed by atoms with E-state index in [1.807, 2.05) is 19.2 Å². The molecule has 1 aromatic carbocycles. The van der Waals surface area contributed by atoms with Crippen LogP contribution in [0.3, 0.4) is 0 Å². The molecule has 1 nitrogen and oxygen atoms in total. The van der Waals surface area contributed by atoms with Gasteiger partial charge in [-0.25, -0.2) is 0 Å². The third kappa shape index (κ3) is 3.45. The van der Waals surface area contributed by atoms with Crippen LogP contribution >= 0.6 is 11.8 Å². The monoisotopic (exact) mass is 205 g/mol. The minimum absolute atomic E-state index is 0.902. The third-order valence-electron chi connectivity index (χ3n) is 1.83. The summed E-state index contributed by atoms with van der Waals surface area (Å²) in [4.78, 5) is 1.25. The Hall–Kier alpha value is -0.910. The molecule has 0 heterocycles. The Morgan fingerprint density at radius 3 is 2.86 bits per heavy atom. The van der Waals surface area contributed by atoms with E-state index in [-0.39, 0.29) is 0 Å². The summed E-state index contributed by atoms with van der Waals surface area (Å²) < 4.78 is 0. The minimum atomic E-state index is 0.902. The Balaban J connectivity index is 2.68. The molecule has 0 aliphatic rings. The lowest BCUT2D eigenvalue weighted by Crippen LogP contribution is -2.05. The van der Waals surface area contributed by atoms with Crippen molar-refractivity contribution in [3.8, 4) is 11.8 Å².